The summed E-state index contributed by atoms with van der Waals surface area (Å²) in [5, 5.41) is 6.25. The number of benzene rings is 2. The highest BCUT2D eigenvalue weighted by molar-refractivity contribution is 6.07. The molecule has 2 aromatic carbocycles. The van der Waals surface area contributed by atoms with Crippen LogP contribution in [0.25, 0.3) is 11.5 Å². The van der Waals surface area contributed by atoms with Gasteiger partial charge in [0.05, 0.1) is 12.1 Å². The number of hydrogen-bond donors (Lipinski definition) is 1. The summed E-state index contributed by atoms with van der Waals surface area (Å²) in [5.74, 6) is -0.401. The SMILES string of the molecule is CC1(c2cccc(C(F)(F)F)c2)NC(=O)N(Cc2noc(-c3ccccc3)n2)C1=O. The van der Waals surface area contributed by atoms with E-state index in [-0.39, 0.29) is 23.8 Å². The van der Waals surface area contributed by atoms with E-state index in [1.165, 1.54) is 19.1 Å². The lowest BCUT2D eigenvalue weighted by atomic mass is 9.90. The molecule has 30 heavy (non-hydrogen) atoms. The molecule has 7 nitrogen and oxygen atoms in total. The van der Waals surface area contributed by atoms with Crippen LogP contribution in [0.4, 0.5) is 18.0 Å². The third-order valence-corrected chi connectivity index (χ3v) is 4.83. The number of halogens is 3. The minimum Gasteiger partial charge on any atom is -0.334 e. The van der Waals surface area contributed by atoms with Gasteiger partial charge in [0.2, 0.25) is 0 Å². The zero-order valence-electron chi connectivity index (χ0n) is 15.6. The molecule has 1 N–H and O–H groups in total. The fraction of sp³-hybridized carbons (Fsp3) is 0.200. The molecule has 1 unspecified atom stereocenters. The van der Waals surface area contributed by atoms with Crippen LogP contribution >= 0.6 is 0 Å². The summed E-state index contributed by atoms with van der Waals surface area (Å²) in [6.45, 7) is 1.07. The Bertz CT molecular complexity index is 1110. The van der Waals surface area contributed by atoms with Crippen molar-refractivity contribution in [2.75, 3.05) is 0 Å². The van der Waals surface area contributed by atoms with Gasteiger partial charge in [0.1, 0.15) is 5.54 Å². The molecule has 0 bridgehead atoms. The number of aromatic nitrogens is 2. The van der Waals surface area contributed by atoms with Gasteiger partial charge in [0, 0.05) is 5.56 Å². The highest BCUT2D eigenvalue weighted by atomic mass is 19.4. The number of alkyl halides is 3. The minimum atomic E-state index is -4.57. The molecule has 1 aliphatic rings. The molecule has 3 aromatic rings. The van der Waals surface area contributed by atoms with Gasteiger partial charge in [-0.15, -0.1) is 0 Å². The Morgan fingerprint density at radius 2 is 1.83 bits per heavy atom. The lowest BCUT2D eigenvalue weighted by Crippen LogP contribution is -2.41. The monoisotopic (exact) mass is 416 g/mol. The van der Waals surface area contributed by atoms with E-state index in [1.54, 1.807) is 24.3 Å². The quantitative estimate of drug-likeness (QED) is 0.655. The van der Waals surface area contributed by atoms with Crippen molar-refractivity contribution < 1.29 is 27.3 Å². The van der Waals surface area contributed by atoms with E-state index in [0.29, 0.717) is 5.56 Å². The van der Waals surface area contributed by atoms with Gasteiger partial charge in [-0.05, 0) is 36.8 Å². The summed E-state index contributed by atoms with van der Waals surface area (Å²) in [4.78, 5) is 30.4. The first-order chi connectivity index (χ1) is 14.2. The molecule has 0 saturated carbocycles. The molecule has 3 amide bonds. The zero-order valence-corrected chi connectivity index (χ0v) is 15.6. The normalized spacial score (nSPS) is 19.3. The van der Waals surface area contributed by atoms with Gasteiger partial charge in [-0.3, -0.25) is 9.69 Å². The average Bonchev–Trinajstić information content (AvgIpc) is 3.28. The number of nitrogens with one attached hydrogen (secondary N) is 1. The Labute approximate surface area is 168 Å². The molecule has 0 aliphatic carbocycles. The number of urea groups is 1. The molecule has 4 rings (SSSR count). The lowest BCUT2D eigenvalue weighted by Gasteiger charge is -2.23. The Morgan fingerprint density at radius 1 is 1.10 bits per heavy atom. The van der Waals surface area contributed by atoms with Crippen molar-refractivity contribution in [2.24, 2.45) is 0 Å². The maximum atomic E-state index is 13.1. The molecule has 1 saturated heterocycles. The van der Waals surface area contributed by atoms with E-state index in [2.05, 4.69) is 15.5 Å². The largest absolute Gasteiger partial charge is 0.416 e. The second kappa shape index (κ2) is 6.97. The van der Waals surface area contributed by atoms with Crippen molar-refractivity contribution in [1.82, 2.24) is 20.4 Å². The van der Waals surface area contributed by atoms with E-state index in [0.717, 1.165) is 17.0 Å². The van der Waals surface area contributed by atoms with E-state index >= 15 is 0 Å². The van der Waals surface area contributed by atoms with Crippen LogP contribution in [0, 0.1) is 0 Å². The smallest absolute Gasteiger partial charge is 0.334 e. The molecular weight excluding hydrogens is 401 g/mol. The van der Waals surface area contributed by atoms with Gasteiger partial charge in [-0.1, -0.05) is 35.5 Å². The maximum Gasteiger partial charge on any atom is 0.416 e. The average molecular weight is 416 g/mol. The van der Waals surface area contributed by atoms with Gasteiger partial charge in [-0.2, -0.15) is 18.2 Å². The Hall–Kier alpha value is -3.69. The van der Waals surface area contributed by atoms with Crippen LogP contribution in [0.5, 0.6) is 0 Å². The molecule has 10 heteroatoms. The first kappa shape index (κ1) is 19.6. The Kier molecular flexibility index (Phi) is 4.56. The van der Waals surface area contributed by atoms with E-state index in [1.807, 2.05) is 6.07 Å². The number of amides is 3. The number of imide groups is 1. The summed E-state index contributed by atoms with van der Waals surface area (Å²) >= 11 is 0. The van der Waals surface area contributed by atoms with Gasteiger partial charge < -0.3 is 9.84 Å². The second-order valence-electron chi connectivity index (χ2n) is 6.91. The number of carbonyl (C=O) groups excluding carboxylic acids is 2. The van der Waals surface area contributed by atoms with Crippen LogP contribution in [0.15, 0.2) is 59.1 Å². The van der Waals surface area contributed by atoms with Crippen LogP contribution in [0.1, 0.15) is 23.9 Å². The van der Waals surface area contributed by atoms with Gasteiger partial charge in [0.15, 0.2) is 5.82 Å². The second-order valence-corrected chi connectivity index (χ2v) is 6.91. The summed E-state index contributed by atoms with van der Waals surface area (Å²) in [6.07, 6.45) is -4.57. The van der Waals surface area contributed by atoms with Crippen LogP contribution in [0.2, 0.25) is 0 Å². The molecule has 154 valence electrons. The predicted molar refractivity (Wildman–Crippen MR) is 97.6 cm³/mol. The number of rotatable bonds is 4. The van der Waals surface area contributed by atoms with Crippen molar-refractivity contribution >= 4 is 11.9 Å². The molecule has 0 radical (unpaired) electrons. The first-order valence-corrected chi connectivity index (χ1v) is 8.88. The Morgan fingerprint density at radius 3 is 2.53 bits per heavy atom. The van der Waals surface area contributed by atoms with Gasteiger partial charge in [0.25, 0.3) is 11.8 Å². The topological polar surface area (TPSA) is 88.3 Å². The fourth-order valence-electron chi connectivity index (χ4n) is 3.20. The standard InChI is InChI=1S/C20H15F3N4O3/c1-19(13-8-5-9-14(10-13)20(21,22)23)17(28)27(18(29)25-19)11-15-24-16(30-26-15)12-6-3-2-4-7-12/h2-10H,11H2,1H3,(H,25,29). The number of carbonyl (C=O) groups is 2. The lowest BCUT2D eigenvalue weighted by molar-refractivity contribution is -0.138. The summed E-state index contributed by atoms with van der Waals surface area (Å²) in [7, 11) is 0. The van der Waals surface area contributed by atoms with Crippen molar-refractivity contribution in [3.63, 3.8) is 0 Å². The summed E-state index contributed by atoms with van der Waals surface area (Å²) < 4.78 is 44.3. The molecule has 1 aliphatic heterocycles. The van der Waals surface area contributed by atoms with Gasteiger partial charge >= 0.3 is 12.2 Å². The zero-order chi connectivity index (χ0) is 21.5. The Balaban J connectivity index is 1.58. The molecule has 1 atom stereocenters. The highest BCUT2D eigenvalue weighted by Crippen LogP contribution is 2.35. The number of hydrogen-bond acceptors (Lipinski definition) is 5. The van der Waals surface area contributed by atoms with Crippen molar-refractivity contribution in [3.05, 3.63) is 71.5 Å². The maximum absolute atomic E-state index is 13.1. The highest BCUT2D eigenvalue weighted by Gasteiger charge is 2.50. The van der Waals surface area contributed by atoms with E-state index < -0.39 is 29.2 Å². The third kappa shape index (κ3) is 3.40. The van der Waals surface area contributed by atoms with Gasteiger partial charge in [-0.25, -0.2) is 4.79 Å². The molecular formula is C20H15F3N4O3. The fourth-order valence-corrected chi connectivity index (χ4v) is 3.20. The summed E-state index contributed by atoms with van der Waals surface area (Å²) in [5.41, 5.74) is -1.87. The van der Waals surface area contributed by atoms with Crippen LogP contribution < -0.4 is 5.32 Å². The minimum absolute atomic E-state index is 0.0243. The number of nitrogens with zero attached hydrogens (tertiary/aromatic N) is 3. The van der Waals surface area contributed by atoms with Crippen molar-refractivity contribution in [3.8, 4) is 11.5 Å². The molecule has 0 spiro atoms. The molecule has 1 aromatic heterocycles. The third-order valence-electron chi connectivity index (χ3n) is 4.83. The summed E-state index contributed by atoms with van der Waals surface area (Å²) in [6, 6.07) is 12.5. The van der Waals surface area contributed by atoms with Crippen LogP contribution in [-0.2, 0) is 23.1 Å². The van der Waals surface area contributed by atoms with Crippen LogP contribution in [0.3, 0.4) is 0 Å². The first-order valence-electron chi connectivity index (χ1n) is 8.88. The van der Waals surface area contributed by atoms with Crippen molar-refractivity contribution in [1.29, 1.82) is 0 Å². The molecule has 1 fully saturated rings. The predicted octanol–water partition coefficient (Wildman–Crippen LogP) is 3.72. The van der Waals surface area contributed by atoms with Crippen molar-refractivity contribution in [2.45, 2.75) is 25.2 Å². The van der Waals surface area contributed by atoms with E-state index in [4.69, 9.17) is 4.52 Å². The van der Waals surface area contributed by atoms with Crippen LogP contribution in [-0.4, -0.2) is 27.0 Å². The van der Waals surface area contributed by atoms with E-state index in [9.17, 15) is 22.8 Å². The molecule has 2 heterocycles.